The molecule has 0 heterocycles. The molecule has 0 aliphatic carbocycles. The number of carbonyl (C=O) groups excluding carboxylic acids is 1. The molecule has 0 bridgehead atoms. The second-order valence-corrected chi connectivity index (χ2v) is 9.51. The first-order valence-electron chi connectivity index (χ1n) is 8.77. The Hall–Kier alpha value is -1.60. The van der Waals surface area contributed by atoms with Crippen LogP contribution in [0.25, 0.3) is 0 Å². The van der Waals surface area contributed by atoms with E-state index in [1.165, 1.54) is 0 Å². The van der Waals surface area contributed by atoms with Crippen LogP contribution in [0, 0.1) is 5.92 Å². The summed E-state index contributed by atoms with van der Waals surface area (Å²) in [6.07, 6.45) is 0.669. The molecule has 2 atom stereocenters. The van der Waals surface area contributed by atoms with Crippen LogP contribution in [0.1, 0.15) is 46.6 Å². The van der Waals surface area contributed by atoms with E-state index < -0.39 is 34.0 Å². The number of hydrogen-bond acceptors (Lipinski definition) is 5. The second-order valence-electron chi connectivity index (χ2n) is 7.91. The number of rotatable bonds is 8. The van der Waals surface area contributed by atoms with Crippen molar-refractivity contribution in [3.63, 3.8) is 0 Å². The lowest BCUT2D eigenvalue weighted by atomic mass is 9.95. The minimum Gasteiger partial charge on any atom is -0.444 e. The van der Waals surface area contributed by atoms with Crippen LogP contribution < -0.4 is 5.32 Å². The Labute approximate surface area is 157 Å². The number of nitrogens with one attached hydrogen (secondary N) is 1. The molecule has 6 nitrogen and oxygen atoms in total. The number of alkyl carbamates (subject to hydrolysis) is 1. The molecular formula is C19H31NO5S. The molecule has 7 heteroatoms. The predicted molar refractivity (Wildman–Crippen MR) is 102 cm³/mol. The summed E-state index contributed by atoms with van der Waals surface area (Å²) in [5.41, 5.74) is 0.325. The summed E-state index contributed by atoms with van der Waals surface area (Å²) < 4.78 is 34.1. The van der Waals surface area contributed by atoms with Crippen LogP contribution in [0.5, 0.6) is 0 Å². The fourth-order valence-electron chi connectivity index (χ4n) is 2.56. The maximum Gasteiger partial charge on any atom is 0.407 e. The zero-order valence-corrected chi connectivity index (χ0v) is 17.3. The van der Waals surface area contributed by atoms with E-state index in [4.69, 9.17) is 8.92 Å². The van der Waals surface area contributed by atoms with Crippen LogP contribution in [0.2, 0.25) is 0 Å². The van der Waals surface area contributed by atoms with Gasteiger partial charge in [0.2, 0.25) is 0 Å². The molecule has 1 amide bonds. The standard InChI is InChI=1S/C19H31NO5S/c1-14(2)12-17(25-26(6,22)23)16(13-15-10-8-7-9-11-15)20-18(21)24-19(3,4)5/h7-11,14,16-17H,12-13H2,1-6H3,(H,20,21)/t16-,17-/m0/s1. The molecule has 1 rings (SSSR count). The Morgan fingerprint density at radius 3 is 2.19 bits per heavy atom. The molecule has 0 unspecified atom stereocenters. The van der Waals surface area contributed by atoms with Gasteiger partial charge >= 0.3 is 6.09 Å². The van der Waals surface area contributed by atoms with E-state index in [1.54, 1.807) is 20.8 Å². The van der Waals surface area contributed by atoms with Crippen LogP contribution in [0.4, 0.5) is 4.79 Å². The van der Waals surface area contributed by atoms with Gasteiger partial charge in [-0.1, -0.05) is 44.2 Å². The van der Waals surface area contributed by atoms with Gasteiger partial charge in [0.25, 0.3) is 10.1 Å². The summed E-state index contributed by atoms with van der Waals surface area (Å²) in [4.78, 5) is 12.3. The summed E-state index contributed by atoms with van der Waals surface area (Å²) in [5.74, 6) is 0.195. The average molecular weight is 386 g/mol. The fraction of sp³-hybridized carbons (Fsp3) is 0.632. The molecule has 0 fully saturated rings. The molecule has 0 aliphatic heterocycles. The normalized spacial score (nSPS) is 14.7. The van der Waals surface area contributed by atoms with E-state index in [-0.39, 0.29) is 5.92 Å². The highest BCUT2D eigenvalue weighted by Gasteiger charge is 2.30. The van der Waals surface area contributed by atoms with E-state index in [0.717, 1.165) is 11.8 Å². The van der Waals surface area contributed by atoms with Gasteiger partial charge in [0.1, 0.15) is 5.60 Å². The summed E-state index contributed by atoms with van der Waals surface area (Å²) >= 11 is 0. The molecule has 0 radical (unpaired) electrons. The first-order chi connectivity index (χ1) is 11.9. The van der Waals surface area contributed by atoms with Gasteiger partial charge in [-0.2, -0.15) is 8.42 Å². The zero-order valence-electron chi connectivity index (χ0n) is 16.5. The number of hydrogen-bond donors (Lipinski definition) is 1. The van der Waals surface area contributed by atoms with Gasteiger partial charge in [0.05, 0.1) is 18.4 Å². The van der Waals surface area contributed by atoms with Gasteiger partial charge in [-0.3, -0.25) is 4.18 Å². The fourth-order valence-corrected chi connectivity index (χ4v) is 3.22. The van der Waals surface area contributed by atoms with Gasteiger partial charge in [-0.25, -0.2) is 4.79 Å². The van der Waals surface area contributed by atoms with Crippen molar-refractivity contribution < 1.29 is 22.1 Å². The Morgan fingerprint density at radius 2 is 1.73 bits per heavy atom. The quantitative estimate of drug-likeness (QED) is 0.693. The highest BCUT2D eigenvalue weighted by Crippen LogP contribution is 2.19. The predicted octanol–water partition coefficient (Wildman–Crippen LogP) is 3.51. The van der Waals surface area contributed by atoms with Gasteiger partial charge in [0, 0.05) is 0 Å². The molecule has 1 N–H and O–H groups in total. The Bertz CT molecular complexity index is 665. The van der Waals surface area contributed by atoms with Crippen molar-refractivity contribution in [1.29, 1.82) is 0 Å². The molecule has 0 saturated heterocycles. The maximum absolute atomic E-state index is 12.3. The number of benzene rings is 1. The van der Waals surface area contributed by atoms with E-state index in [0.29, 0.717) is 12.8 Å². The first kappa shape index (κ1) is 22.4. The van der Waals surface area contributed by atoms with Crippen molar-refractivity contribution in [2.45, 2.75) is 65.2 Å². The van der Waals surface area contributed by atoms with Crippen molar-refractivity contribution in [2.24, 2.45) is 5.92 Å². The molecule has 1 aromatic rings. The van der Waals surface area contributed by atoms with Crippen molar-refractivity contribution in [3.8, 4) is 0 Å². The first-order valence-corrected chi connectivity index (χ1v) is 10.6. The summed E-state index contributed by atoms with van der Waals surface area (Å²) in [6, 6.07) is 9.01. The van der Waals surface area contributed by atoms with Crippen molar-refractivity contribution >= 4 is 16.2 Å². The van der Waals surface area contributed by atoms with Crippen molar-refractivity contribution in [1.82, 2.24) is 5.32 Å². The maximum atomic E-state index is 12.3. The lowest BCUT2D eigenvalue weighted by Crippen LogP contribution is -2.48. The largest absolute Gasteiger partial charge is 0.444 e. The van der Waals surface area contributed by atoms with E-state index in [9.17, 15) is 13.2 Å². The topological polar surface area (TPSA) is 81.7 Å². The van der Waals surface area contributed by atoms with Crippen LogP contribution in [-0.2, 0) is 25.5 Å². The number of ether oxygens (including phenoxy) is 1. The number of amides is 1. The van der Waals surface area contributed by atoms with Crippen LogP contribution in [-0.4, -0.2) is 38.5 Å². The highest BCUT2D eigenvalue weighted by atomic mass is 32.2. The second kappa shape index (κ2) is 9.37. The minimum atomic E-state index is -3.67. The van der Waals surface area contributed by atoms with Crippen molar-refractivity contribution in [3.05, 3.63) is 35.9 Å². The van der Waals surface area contributed by atoms with Crippen molar-refractivity contribution in [2.75, 3.05) is 6.26 Å². The molecule has 0 aliphatic rings. The Balaban J connectivity index is 3.06. The van der Waals surface area contributed by atoms with Crippen LogP contribution in [0.15, 0.2) is 30.3 Å². The monoisotopic (exact) mass is 385 g/mol. The van der Waals surface area contributed by atoms with Gasteiger partial charge in [0.15, 0.2) is 0 Å². The van der Waals surface area contributed by atoms with E-state index in [2.05, 4.69) is 5.32 Å². The summed E-state index contributed by atoms with van der Waals surface area (Å²) in [7, 11) is -3.67. The van der Waals surface area contributed by atoms with Gasteiger partial charge in [-0.15, -0.1) is 0 Å². The zero-order chi connectivity index (χ0) is 20.0. The summed E-state index contributed by atoms with van der Waals surface area (Å²) in [6.45, 7) is 9.28. The molecule has 26 heavy (non-hydrogen) atoms. The third kappa shape index (κ3) is 9.77. The third-order valence-electron chi connectivity index (χ3n) is 3.45. The molecule has 0 spiro atoms. The van der Waals surface area contributed by atoms with E-state index in [1.807, 2.05) is 44.2 Å². The lowest BCUT2D eigenvalue weighted by Gasteiger charge is -2.30. The Morgan fingerprint density at radius 1 is 1.15 bits per heavy atom. The minimum absolute atomic E-state index is 0.195. The lowest BCUT2D eigenvalue weighted by molar-refractivity contribution is 0.0433. The summed E-state index contributed by atoms with van der Waals surface area (Å²) in [5, 5.41) is 2.80. The molecule has 0 aromatic heterocycles. The van der Waals surface area contributed by atoms with Gasteiger partial charge in [-0.05, 0) is 45.1 Å². The smallest absolute Gasteiger partial charge is 0.407 e. The van der Waals surface area contributed by atoms with Crippen LogP contribution >= 0.6 is 0 Å². The molecular weight excluding hydrogens is 354 g/mol. The van der Waals surface area contributed by atoms with E-state index >= 15 is 0 Å². The van der Waals surface area contributed by atoms with Crippen LogP contribution in [0.3, 0.4) is 0 Å². The highest BCUT2D eigenvalue weighted by molar-refractivity contribution is 7.86. The van der Waals surface area contributed by atoms with Gasteiger partial charge < -0.3 is 10.1 Å². The molecule has 0 saturated carbocycles. The molecule has 1 aromatic carbocycles. The Kier molecular flexibility index (Phi) is 8.09. The SMILES string of the molecule is CC(C)C[C@H](OS(C)(=O)=O)[C@H](Cc1ccccc1)NC(=O)OC(C)(C)C. The third-order valence-corrected chi connectivity index (χ3v) is 4.05. The molecule has 148 valence electrons. The average Bonchev–Trinajstić information content (AvgIpc) is 2.43. The number of carbonyl (C=O) groups is 1.